The Morgan fingerprint density at radius 3 is 2.39 bits per heavy atom. The summed E-state index contributed by atoms with van der Waals surface area (Å²) in [6.07, 6.45) is 9.94. The van der Waals surface area contributed by atoms with E-state index in [1.165, 1.54) is 37.7 Å². The van der Waals surface area contributed by atoms with Crippen LogP contribution in [0.5, 0.6) is 0 Å². The number of amides is 1. The first kappa shape index (κ1) is 22.8. The maximum Gasteiger partial charge on any atom is 0.222 e. The van der Waals surface area contributed by atoms with Crippen molar-refractivity contribution in [1.82, 2.24) is 14.7 Å². The van der Waals surface area contributed by atoms with Gasteiger partial charge in [-0.15, -0.1) is 0 Å². The minimum absolute atomic E-state index is 0.207. The van der Waals surface area contributed by atoms with Gasteiger partial charge in [0.15, 0.2) is 0 Å². The number of carbonyl (C=O) groups excluding carboxylic acids is 1. The van der Waals surface area contributed by atoms with Crippen molar-refractivity contribution in [1.29, 1.82) is 0 Å². The van der Waals surface area contributed by atoms with Crippen molar-refractivity contribution >= 4 is 5.91 Å². The third-order valence-electron chi connectivity index (χ3n) is 7.83. The van der Waals surface area contributed by atoms with E-state index in [1.54, 1.807) is 0 Å². The molecule has 31 heavy (non-hydrogen) atoms. The van der Waals surface area contributed by atoms with Gasteiger partial charge in [0.05, 0.1) is 6.10 Å². The first-order chi connectivity index (χ1) is 15.2. The number of piperidine rings is 1. The molecular weight excluding hydrogens is 386 g/mol. The molecule has 2 saturated heterocycles. The minimum Gasteiger partial charge on any atom is -0.390 e. The van der Waals surface area contributed by atoms with E-state index in [0.29, 0.717) is 13.0 Å². The van der Waals surface area contributed by atoms with Crippen molar-refractivity contribution in [3.63, 3.8) is 0 Å². The molecule has 0 bridgehead atoms. The summed E-state index contributed by atoms with van der Waals surface area (Å²) >= 11 is 0. The van der Waals surface area contributed by atoms with Gasteiger partial charge < -0.3 is 14.9 Å². The van der Waals surface area contributed by atoms with Crippen LogP contribution in [0.2, 0.25) is 0 Å². The maximum atomic E-state index is 12.7. The number of benzene rings is 1. The number of hydrogen-bond acceptors (Lipinski definition) is 4. The van der Waals surface area contributed by atoms with Gasteiger partial charge in [-0.25, -0.2) is 0 Å². The van der Waals surface area contributed by atoms with Crippen LogP contribution in [-0.2, 0) is 11.2 Å². The molecule has 5 heteroatoms. The highest BCUT2D eigenvalue weighted by Gasteiger charge is 2.35. The molecule has 1 aromatic carbocycles. The van der Waals surface area contributed by atoms with Gasteiger partial charge in [0.2, 0.25) is 5.91 Å². The number of carbonyl (C=O) groups is 1. The second-order valence-electron chi connectivity index (χ2n) is 9.92. The molecule has 1 aromatic rings. The van der Waals surface area contributed by atoms with Crippen molar-refractivity contribution in [2.45, 2.75) is 69.9 Å². The average Bonchev–Trinajstić information content (AvgIpc) is 2.83. The summed E-state index contributed by atoms with van der Waals surface area (Å²) in [6, 6.07) is 10.9. The highest BCUT2D eigenvalue weighted by atomic mass is 16.3. The molecule has 0 unspecified atom stereocenters. The van der Waals surface area contributed by atoms with E-state index in [2.05, 4.69) is 40.1 Å². The maximum absolute atomic E-state index is 12.7. The molecule has 2 aliphatic heterocycles. The molecule has 2 atom stereocenters. The second kappa shape index (κ2) is 11.4. The van der Waals surface area contributed by atoms with E-state index >= 15 is 0 Å². The number of nitrogens with zero attached hydrogens (tertiary/aromatic N) is 3. The van der Waals surface area contributed by atoms with E-state index < -0.39 is 6.10 Å². The number of likely N-dealkylation sites (tertiary alicyclic amines) is 1. The van der Waals surface area contributed by atoms with Crippen LogP contribution in [0.25, 0.3) is 0 Å². The number of hydrogen-bond donors (Lipinski definition) is 1. The quantitative estimate of drug-likeness (QED) is 0.726. The lowest BCUT2D eigenvalue weighted by molar-refractivity contribution is -0.137. The third-order valence-corrected chi connectivity index (χ3v) is 7.83. The summed E-state index contributed by atoms with van der Waals surface area (Å²) in [5, 5.41) is 10.8. The van der Waals surface area contributed by atoms with Crippen LogP contribution in [0.15, 0.2) is 30.3 Å². The fourth-order valence-corrected chi connectivity index (χ4v) is 5.78. The van der Waals surface area contributed by atoms with E-state index in [0.717, 1.165) is 64.4 Å². The predicted octanol–water partition coefficient (Wildman–Crippen LogP) is 3.17. The molecular formula is C26H41N3O2. The monoisotopic (exact) mass is 427 g/mol. The summed E-state index contributed by atoms with van der Waals surface area (Å²) in [5.41, 5.74) is 1.40. The first-order valence-electron chi connectivity index (χ1n) is 12.7. The number of rotatable bonds is 7. The molecule has 1 N–H and O–H groups in total. The van der Waals surface area contributed by atoms with Gasteiger partial charge in [-0.1, -0.05) is 62.4 Å². The normalized spacial score (nSPS) is 26.8. The average molecular weight is 428 g/mol. The van der Waals surface area contributed by atoms with E-state index in [4.69, 9.17) is 0 Å². The van der Waals surface area contributed by atoms with Gasteiger partial charge in [-0.05, 0) is 30.7 Å². The van der Waals surface area contributed by atoms with E-state index in [9.17, 15) is 9.90 Å². The van der Waals surface area contributed by atoms with Crippen LogP contribution >= 0.6 is 0 Å². The largest absolute Gasteiger partial charge is 0.390 e. The highest BCUT2D eigenvalue weighted by molar-refractivity contribution is 5.76. The van der Waals surface area contributed by atoms with Crippen LogP contribution < -0.4 is 0 Å². The summed E-state index contributed by atoms with van der Waals surface area (Å²) in [6.45, 7) is 6.61. The molecule has 3 aliphatic rings. The molecule has 0 radical (unpaired) electrons. The SMILES string of the molecule is O=C(CCC1CCCCC1)N1CC[C@@H](N2CCN(CCc3ccccc3)CC2)[C@H](O)C1. The Kier molecular flexibility index (Phi) is 8.40. The zero-order valence-electron chi connectivity index (χ0n) is 19.1. The third kappa shape index (κ3) is 6.53. The van der Waals surface area contributed by atoms with Crippen LogP contribution in [0.3, 0.4) is 0 Å². The fourth-order valence-electron chi connectivity index (χ4n) is 5.78. The van der Waals surface area contributed by atoms with Crippen molar-refractivity contribution in [3.8, 4) is 0 Å². The Hall–Kier alpha value is -1.43. The van der Waals surface area contributed by atoms with Gasteiger partial charge in [-0.3, -0.25) is 9.69 Å². The lowest BCUT2D eigenvalue weighted by Crippen LogP contribution is -2.59. The van der Waals surface area contributed by atoms with E-state index in [1.807, 2.05) is 4.90 Å². The molecule has 0 spiro atoms. The Balaban J connectivity index is 1.16. The smallest absolute Gasteiger partial charge is 0.222 e. The van der Waals surface area contributed by atoms with Gasteiger partial charge in [0.1, 0.15) is 0 Å². The summed E-state index contributed by atoms with van der Waals surface area (Å²) < 4.78 is 0. The van der Waals surface area contributed by atoms with Crippen molar-refractivity contribution in [2.24, 2.45) is 5.92 Å². The van der Waals surface area contributed by atoms with Crippen molar-refractivity contribution < 1.29 is 9.90 Å². The van der Waals surface area contributed by atoms with Gasteiger partial charge in [0.25, 0.3) is 0 Å². The number of β-amino-alcohol motifs (C(OH)–C–C–N with tert-alkyl or cyclic N) is 1. The fraction of sp³-hybridized carbons (Fsp3) is 0.731. The molecule has 172 valence electrons. The minimum atomic E-state index is -0.414. The molecule has 1 saturated carbocycles. The predicted molar refractivity (Wildman–Crippen MR) is 125 cm³/mol. The molecule has 2 heterocycles. The summed E-state index contributed by atoms with van der Waals surface area (Å²) in [4.78, 5) is 19.6. The Bertz CT molecular complexity index is 668. The van der Waals surface area contributed by atoms with Gasteiger partial charge in [0, 0.05) is 58.3 Å². The van der Waals surface area contributed by atoms with Crippen molar-refractivity contribution in [2.75, 3.05) is 45.8 Å². The van der Waals surface area contributed by atoms with Gasteiger partial charge in [-0.2, -0.15) is 0 Å². The van der Waals surface area contributed by atoms with Crippen LogP contribution in [0.1, 0.15) is 56.9 Å². The molecule has 3 fully saturated rings. The summed E-state index contributed by atoms with van der Waals surface area (Å²) in [5.74, 6) is 1.01. The molecule has 1 amide bonds. The Labute approximate surface area is 188 Å². The number of piperazine rings is 1. The zero-order valence-corrected chi connectivity index (χ0v) is 19.1. The topological polar surface area (TPSA) is 47.0 Å². The van der Waals surface area contributed by atoms with Crippen LogP contribution in [-0.4, -0.2) is 83.7 Å². The Morgan fingerprint density at radius 2 is 1.68 bits per heavy atom. The molecule has 5 nitrogen and oxygen atoms in total. The lowest BCUT2D eigenvalue weighted by atomic mass is 9.86. The number of aliphatic hydroxyl groups is 1. The van der Waals surface area contributed by atoms with Crippen LogP contribution in [0, 0.1) is 5.92 Å². The number of aliphatic hydroxyl groups excluding tert-OH is 1. The zero-order chi connectivity index (χ0) is 21.5. The van der Waals surface area contributed by atoms with E-state index in [-0.39, 0.29) is 11.9 Å². The standard InChI is InChI=1S/C26H41N3O2/c30-25-21-29(26(31)12-11-22-7-3-1-4-8-22)16-14-24(25)28-19-17-27(18-20-28)15-13-23-9-5-2-6-10-23/h2,5-6,9-10,22,24-25,30H,1,3-4,7-8,11-21H2/t24-,25-/m1/s1. The molecule has 0 aromatic heterocycles. The second-order valence-corrected chi connectivity index (χ2v) is 9.92. The van der Waals surface area contributed by atoms with Crippen molar-refractivity contribution in [3.05, 3.63) is 35.9 Å². The summed E-state index contributed by atoms with van der Waals surface area (Å²) in [7, 11) is 0. The lowest BCUT2D eigenvalue weighted by Gasteiger charge is -2.45. The molecule has 1 aliphatic carbocycles. The first-order valence-corrected chi connectivity index (χ1v) is 12.7. The Morgan fingerprint density at radius 1 is 0.935 bits per heavy atom. The van der Waals surface area contributed by atoms with Gasteiger partial charge >= 0.3 is 0 Å². The van der Waals surface area contributed by atoms with Crippen LogP contribution in [0.4, 0.5) is 0 Å². The highest BCUT2D eigenvalue weighted by Crippen LogP contribution is 2.28. The molecule has 4 rings (SSSR count).